The van der Waals surface area contributed by atoms with Crippen LogP contribution in [0.15, 0.2) is 0 Å². The van der Waals surface area contributed by atoms with E-state index in [0.29, 0.717) is 0 Å². The summed E-state index contributed by atoms with van der Waals surface area (Å²) in [6.45, 7) is 0. The predicted octanol–water partition coefficient (Wildman–Crippen LogP) is 4.46. The van der Waals surface area contributed by atoms with Gasteiger partial charge >= 0.3 is 17.2 Å². The highest BCUT2D eigenvalue weighted by molar-refractivity contribution is 6.70. The molecule has 14 heavy (non-hydrogen) atoms. The van der Waals surface area contributed by atoms with Gasteiger partial charge in [0, 0.05) is 0 Å². The lowest BCUT2D eigenvalue weighted by atomic mass is 10.2. The quantitative estimate of drug-likeness (QED) is 0.495. The van der Waals surface area contributed by atoms with E-state index in [1.165, 1.54) is 0 Å². The summed E-state index contributed by atoms with van der Waals surface area (Å²) in [4.78, 5) is 0. The van der Waals surface area contributed by atoms with Crippen molar-refractivity contribution in [2.75, 3.05) is 0 Å². The molecule has 0 aliphatic carbocycles. The normalized spacial score (nSPS) is 19.3. The molecule has 0 aromatic heterocycles. The van der Waals surface area contributed by atoms with Crippen LogP contribution in [0.5, 0.6) is 0 Å². The van der Waals surface area contributed by atoms with Gasteiger partial charge in [0.25, 0.3) is 0 Å². The summed E-state index contributed by atoms with van der Waals surface area (Å²) in [6.07, 6.45) is -6.26. The number of rotatable bonds is 1. The molecular formula is C4Cl4F6. The fraction of sp³-hybridized carbons (Fsp3) is 1.00. The lowest BCUT2D eigenvalue weighted by Crippen LogP contribution is -2.57. The Morgan fingerprint density at radius 1 is 0.643 bits per heavy atom. The maximum atomic E-state index is 12.8. The number of alkyl halides is 10. The van der Waals surface area contributed by atoms with Crippen LogP contribution in [0.2, 0.25) is 0 Å². The molecule has 0 nitrogen and oxygen atoms in total. The van der Waals surface area contributed by atoms with Crippen molar-refractivity contribution in [2.45, 2.75) is 21.0 Å². The second kappa shape index (κ2) is 3.64. The van der Waals surface area contributed by atoms with Gasteiger partial charge in [-0.3, -0.25) is 0 Å². The molecule has 0 aromatic carbocycles. The van der Waals surface area contributed by atoms with Crippen LogP contribution in [-0.4, -0.2) is 21.0 Å². The van der Waals surface area contributed by atoms with Crippen molar-refractivity contribution in [1.82, 2.24) is 0 Å². The zero-order valence-electron chi connectivity index (χ0n) is 5.78. The van der Waals surface area contributed by atoms with Crippen molar-refractivity contribution in [3.63, 3.8) is 0 Å². The van der Waals surface area contributed by atoms with Crippen LogP contribution in [0.25, 0.3) is 0 Å². The van der Waals surface area contributed by atoms with Gasteiger partial charge in [-0.25, -0.2) is 4.39 Å². The molecule has 0 spiro atoms. The third-order valence-electron chi connectivity index (χ3n) is 1.11. The number of halogens is 10. The summed E-state index contributed by atoms with van der Waals surface area (Å²) in [7, 11) is 0. The standard InChI is InChI=1S/C4Cl4F6/c5-1(9,3(6,7)8)2(10,11)4(12,13)14. The van der Waals surface area contributed by atoms with Gasteiger partial charge in [0.1, 0.15) is 0 Å². The van der Waals surface area contributed by atoms with Gasteiger partial charge in [-0.2, -0.15) is 22.0 Å². The van der Waals surface area contributed by atoms with Crippen LogP contribution in [-0.2, 0) is 0 Å². The van der Waals surface area contributed by atoms with Crippen LogP contribution in [0.4, 0.5) is 26.3 Å². The Bertz CT molecular complexity index is 191. The first-order valence-electron chi connectivity index (χ1n) is 2.64. The highest BCUT2D eigenvalue weighted by atomic mass is 35.6. The summed E-state index contributed by atoms with van der Waals surface area (Å²) in [6, 6.07) is 0. The first kappa shape index (κ1) is 14.7. The molecule has 0 saturated heterocycles. The topological polar surface area (TPSA) is 0 Å². The molecule has 10 heteroatoms. The molecular weight excluding hydrogens is 304 g/mol. The molecule has 1 atom stereocenters. The molecule has 0 bridgehead atoms. The van der Waals surface area contributed by atoms with E-state index in [2.05, 4.69) is 46.4 Å². The molecule has 0 aromatic rings. The fourth-order valence-corrected chi connectivity index (χ4v) is 0.819. The second-order valence-corrected chi connectivity index (χ2v) is 4.95. The van der Waals surface area contributed by atoms with Gasteiger partial charge < -0.3 is 0 Å². The summed E-state index contributed by atoms with van der Waals surface area (Å²) in [5.41, 5.74) is 0. The zero-order chi connectivity index (χ0) is 12.0. The molecule has 0 aliphatic rings. The minimum Gasteiger partial charge on any atom is -0.214 e. The summed E-state index contributed by atoms with van der Waals surface area (Å²) in [5, 5.41) is -4.87. The Kier molecular flexibility index (Phi) is 3.84. The molecule has 0 rings (SSSR count). The molecule has 0 N–H and O–H groups in total. The SMILES string of the molecule is FC(F)(F)C(F)(F)C(F)(Cl)C(Cl)(Cl)Cl. The molecule has 0 fully saturated rings. The van der Waals surface area contributed by atoms with E-state index in [0.717, 1.165) is 0 Å². The van der Waals surface area contributed by atoms with Crippen LogP contribution in [0.1, 0.15) is 0 Å². The Hall–Kier alpha value is 0.740. The van der Waals surface area contributed by atoms with E-state index in [1.54, 1.807) is 0 Å². The van der Waals surface area contributed by atoms with Crippen LogP contribution in [0, 0.1) is 0 Å². The number of hydrogen-bond acceptors (Lipinski definition) is 0. The van der Waals surface area contributed by atoms with E-state index in [4.69, 9.17) is 0 Å². The molecule has 1 unspecified atom stereocenters. The van der Waals surface area contributed by atoms with Crippen molar-refractivity contribution in [1.29, 1.82) is 0 Å². The molecule has 86 valence electrons. The first-order chi connectivity index (χ1) is 5.75. The minimum absolute atomic E-state index is 3.62. The molecule has 0 aliphatic heterocycles. The molecule has 0 radical (unpaired) electrons. The summed E-state index contributed by atoms with van der Waals surface area (Å²) in [5.74, 6) is -5.98. The maximum absolute atomic E-state index is 12.8. The Morgan fingerprint density at radius 3 is 1.00 bits per heavy atom. The van der Waals surface area contributed by atoms with E-state index in [1.807, 2.05) is 0 Å². The highest BCUT2D eigenvalue weighted by Gasteiger charge is 2.77. The molecule has 0 amide bonds. The van der Waals surface area contributed by atoms with Gasteiger partial charge in [0.15, 0.2) is 0 Å². The highest BCUT2D eigenvalue weighted by Crippen LogP contribution is 2.57. The Balaban J connectivity index is 5.30. The smallest absolute Gasteiger partial charge is 0.214 e. The van der Waals surface area contributed by atoms with Gasteiger partial charge in [-0.05, 0) is 0 Å². The van der Waals surface area contributed by atoms with Crippen molar-refractivity contribution in [3.8, 4) is 0 Å². The van der Waals surface area contributed by atoms with Crippen molar-refractivity contribution in [2.24, 2.45) is 0 Å². The van der Waals surface area contributed by atoms with Crippen LogP contribution >= 0.6 is 46.4 Å². The first-order valence-corrected chi connectivity index (χ1v) is 4.15. The predicted molar refractivity (Wildman–Crippen MR) is 41.0 cm³/mol. The van der Waals surface area contributed by atoms with E-state index >= 15 is 0 Å². The fourth-order valence-electron chi connectivity index (χ4n) is 0.356. The van der Waals surface area contributed by atoms with Gasteiger partial charge in [-0.1, -0.05) is 46.4 Å². The van der Waals surface area contributed by atoms with E-state index in [9.17, 15) is 26.3 Å². The van der Waals surface area contributed by atoms with Crippen LogP contribution in [0.3, 0.4) is 0 Å². The van der Waals surface area contributed by atoms with Crippen molar-refractivity contribution in [3.05, 3.63) is 0 Å². The molecule has 0 heterocycles. The lowest BCUT2D eigenvalue weighted by Gasteiger charge is -2.33. The average Bonchev–Trinajstić information content (AvgIpc) is 1.81. The largest absolute Gasteiger partial charge is 0.458 e. The summed E-state index contributed by atoms with van der Waals surface area (Å²) >= 11 is 17.9. The second-order valence-electron chi connectivity index (χ2n) is 2.14. The van der Waals surface area contributed by atoms with Crippen LogP contribution < -0.4 is 0 Å². The Morgan fingerprint density at radius 2 is 0.929 bits per heavy atom. The number of hydrogen-bond donors (Lipinski definition) is 0. The maximum Gasteiger partial charge on any atom is 0.458 e. The van der Waals surface area contributed by atoms with Gasteiger partial charge in [0.2, 0.25) is 3.79 Å². The van der Waals surface area contributed by atoms with Gasteiger partial charge in [-0.15, -0.1) is 0 Å². The minimum atomic E-state index is -6.26. The third kappa shape index (κ3) is 2.28. The summed E-state index contributed by atoms with van der Waals surface area (Å²) < 4.78 is 68.6. The average molecular weight is 304 g/mol. The van der Waals surface area contributed by atoms with Gasteiger partial charge in [0.05, 0.1) is 0 Å². The van der Waals surface area contributed by atoms with Crippen molar-refractivity contribution >= 4 is 46.4 Å². The lowest BCUT2D eigenvalue weighted by molar-refractivity contribution is -0.311. The van der Waals surface area contributed by atoms with E-state index < -0.39 is 21.0 Å². The van der Waals surface area contributed by atoms with Crippen molar-refractivity contribution < 1.29 is 26.3 Å². The third-order valence-corrected chi connectivity index (χ3v) is 2.70. The molecule has 0 saturated carbocycles. The monoisotopic (exact) mass is 302 g/mol. The Labute approximate surface area is 94.0 Å². The zero-order valence-corrected chi connectivity index (χ0v) is 8.80. The van der Waals surface area contributed by atoms with E-state index in [-0.39, 0.29) is 0 Å².